The van der Waals surface area contributed by atoms with E-state index in [1.807, 2.05) is 0 Å². The van der Waals surface area contributed by atoms with E-state index >= 15 is 0 Å². The minimum absolute atomic E-state index is 0.351. The van der Waals surface area contributed by atoms with Crippen LogP contribution in [0.3, 0.4) is 0 Å². The van der Waals surface area contributed by atoms with Crippen molar-refractivity contribution in [3.63, 3.8) is 0 Å². The van der Waals surface area contributed by atoms with Crippen LogP contribution in [0, 0.1) is 0 Å². The number of carbonyl (C=O) groups excluding carboxylic acids is 1. The molecule has 0 amide bonds. The minimum atomic E-state index is -3.15. The van der Waals surface area contributed by atoms with Gasteiger partial charge in [0, 0.05) is 0 Å². The molecule has 1 rings (SSSR count). The molecule has 0 fully saturated rings. The van der Waals surface area contributed by atoms with Crippen molar-refractivity contribution in [2.45, 2.75) is 117 Å². The number of hydrogen-bond acceptors (Lipinski definition) is 5. The highest BCUT2D eigenvalue weighted by Gasteiger charge is 2.31. The van der Waals surface area contributed by atoms with Gasteiger partial charge in [-0.05, 0) is 26.2 Å². The van der Waals surface area contributed by atoms with E-state index in [1.54, 1.807) is 6.92 Å². The molecule has 0 spiro atoms. The standard InChI is InChI=1S/C24H45O5P/c1-4-5-6-7-8-9-10-11-12-13-14-15-16-17-20-28-30(26)21-18-19-23(22(2)29-30)24(25)27-3/h4-21H2,1-3H3. The Balaban J connectivity index is 2.02. The van der Waals surface area contributed by atoms with E-state index < -0.39 is 13.6 Å². The van der Waals surface area contributed by atoms with E-state index in [2.05, 4.69) is 6.92 Å². The van der Waals surface area contributed by atoms with Crippen molar-refractivity contribution >= 4 is 13.6 Å². The van der Waals surface area contributed by atoms with Gasteiger partial charge in [0.1, 0.15) is 5.76 Å². The second kappa shape index (κ2) is 16.8. The van der Waals surface area contributed by atoms with E-state index in [0.29, 0.717) is 36.9 Å². The quantitative estimate of drug-likeness (QED) is 0.129. The van der Waals surface area contributed by atoms with Gasteiger partial charge < -0.3 is 9.26 Å². The van der Waals surface area contributed by atoms with Crippen LogP contribution in [0.4, 0.5) is 0 Å². The maximum Gasteiger partial charge on any atom is 0.378 e. The van der Waals surface area contributed by atoms with Crippen LogP contribution >= 0.6 is 7.60 Å². The minimum Gasteiger partial charge on any atom is -0.466 e. The number of ether oxygens (including phenoxy) is 1. The highest BCUT2D eigenvalue weighted by molar-refractivity contribution is 7.53. The number of unbranched alkanes of at least 4 members (excludes halogenated alkanes) is 13. The van der Waals surface area contributed by atoms with Crippen molar-refractivity contribution in [3.8, 4) is 0 Å². The second-order valence-corrected chi connectivity index (χ2v) is 10.6. The molecule has 1 aliphatic rings. The largest absolute Gasteiger partial charge is 0.466 e. The number of carbonyl (C=O) groups is 1. The fraction of sp³-hybridized carbons (Fsp3) is 0.875. The second-order valence-electron chi connectivity index (χ2n) is 8.49. The molecule has 0 aromatic carbocycles. The van der Waals surface area contributed by atoms with Crippen LogP contribution in [0.1, 0.15) is 117 Å². The maximum atomic E-state index is 12.8. The Hall–Kier alpha value is -0.800. The molecule has 176 valence electrons. The predicted octanol–water partition coefficient (Wildman–Crippen LogP) is 7.93. The molecule has 0 bridgehead atoms. The zero-order chi connectivity index (χ0) is 22.1. The molecule has 0 aromatic heterocycles. The van der Waals surface area contributed by atoms with Crippen LogP contribution in [0.5, 0.6) is 0 Å². The van der Waals surface area contributed by atoms with Crippen LogP contribution in [0.15, 0.2) is 11.3 Å². The Morgan fingerprint density at radius 2 is 1.40 bits per heavy atom. The highest BCUT2D eigenvalue weighted by atomic mass is 31.2. The van der Waals surface area contributed by atoms with Gasteiger partial charge in [0.25, 0.3) is 0 Å². The summed E-state index contributed by atoms with van der Waals surface area (Å²) in [6.07, 6.45) is 19.7. The van der Waals surface area contributed by atoms with Crippen molar-refractivity contribution in [2.75, 3.05) is 19.9 Å². The summed E-state index contributed by atoms with van der Waals surface area (Å²) >= 11 is 0. The SMILES string of the molecule is CCCCCCCCCCCCCCCCOP1(=O)CCCC(C(=O)OC)=C(C)O1. The first-order chi connectivity index (χ1) is 14.5. The summed E-state index contributed by atoms with van der Waals surface area (Å²) in [6, 6.07) is 0. The Morgan fingerprint density at radius 1 is 0.900 bits per heavy atom. The van der Waals surface area contributed by atoms with E-state index in [1.165, 1.54) is 84.2 Å². The van der Waals surface area contributed by atoms with Gasteiger partial charge in [-0.1, -0.05) is 90.4 Å². The molecular formula is C24H45O5P. The first kappa shape index (κ1) is 27.2. The van der Waals surface area contributed by atoms with Crippen LogP contribution in [0.2, 0.25) is 0 Å². The topological polar surface area (TPSA) is 61.8 Å². The Morgan fingerprint density at radius 3 is 1.90 bits per heavy atom. The fourth-order valence-electron chi connectivity index (χ4n) is 3.90. The Bertz CT molecular complexity index is 544. The van der Waals surface area contributed by atoms with E-state index in [0.717, 1.165) is 12.8 Å². The molecule has 0 radical (unpaired) electrons. The van der Waals surface area contributed by atoms with Gasteiger partial charge in [0.05, 0.1) is 25.5 Å². The lowest BCUT2D eigenvalue weighted by atomic mass is 10.0. The summed E-state index contributed by atoms with van der Waals surface area (Å²) < 4.78 is 28.8. The number of allylic oxidation sites excluding steroid dienone is 1. The maximum absolute atomic E-state index is 12.8. The van der Waals surface area contributed by atoms with Crippen molar-refractivity contribution in [3.05, 3.63) is 11.3 Å². The van der Waals surface area contributed by atoms with Crippen LogP contribution in [-0.2, 0) is 23.1 Å². The van der Waals surface area contributed by atoms with Crippen molar-refractivity contribution in [2.24, 2.45) is 0 Å². The van der Waals surface area contributed by atoms with Crippen molar-refractivity contribution in [1.82, 2.24) is 0 Å². The van der Waals surface area contributed by atoms with Gasteiger partial charge in [-0.3, -0.25) is 4.52 Å². The Kier molecular flexibility index (Phi) is 15.3. The van der Waals surface area contributed by atoms with Gasteiger partial charge in [0.2, 0.25) is 0 Å². The molecule has 5 nitrogen and oxygen atoms in total. The van der Waals surface area contributed by atoms with Crippen LogP contribution in [0.25, 0.3) is 0 Å². The summed E-state index contributed by atoms with van der Waals surface area (Å²) in [5.41, 5.74) is 0.468. The zero-order valence-electron chi connectivity index (χ0n) is 19.7. The van der Waals surface area contributed by atoms with Gasteiger partial charge in [-0.2, -0.15) is 0 Å². The van der Waals surface area contributed by atoms with Crippen LogP contribution < -0.4 is 0 Å². The third kappa shape index (κ3) is 12.2. The third-order valence-electron chi connectivity index (χ3n) is 5.78. The fourth-order valence-corrected chi connectivity index (χ4v) is 5.65. The first-order valence-corrected chi connectivity index (χ1v) is 14.0. The number of hydrogen-bond donors (Lipinski definition) is 0. The average Bonchev–Trinajstić information content (AvgIpc) is 2.88. The predicted molar refractivity (Wildman–Crippen MR) is 124 cm³/mol. The normalized spacial score (nSPS) is 19.4. The van der Waals surface area contributed by atoms with Crippen molar-refractivity contribution in [1.29, 1.82) is 0 Å². The molecule has 0 aliphatic carbocycles. The zero-order valence-corrected chi connectivity index (χ0v) is 20.6. The molecule has 1 aliphatic heterocycles. The molecule has 1 atom stereocenters. The third-order valence-corrected chi connectivity index (χ3v) is 7.77. The molecule has 0 saturated carbocycles. The lowest BCUT2D eigenvalue weighted by Gasteiger charge is -2.18. The molecule has 30 heavy (non-hydrogen) atoms. The molecule has 1 heterocycles. The summed E-state index contributed by atoms with van der Waals surface area (Å²) in [5, 5.41) is 0. The summed E-state index contributed by atoms with van der Waals surface area (Å²) in [5.74, 6) is -0.0310. The van der Waals surface area contributed by atoms with Gasteiger partial charge in [0.15, 0.2) is 0 Å². The monoisotopic (exact) mass is 444 g/mol. The molecule has 0 saturated heterocycles. The molecule has 1 unspecified atom stereocenters. The average molecular weight is 445 g/mol. The molecule has 6 heteroatoms. The molecule has 0 aromatic rings. The number of esters is 1. The van der Waals surface area contributed by atoms with Crippen molar-refractivity contribution < 1.29 is 23.1 Å². The van der Waals surface area contributed by atoms with Crippen LogP contribution in [-0.4, -0.2) is 25.8 Å². The molecule has 0 N–H and O–H groups in total. The lowest BCUT2D eigenvalue weighted by molar-refractivity contribution is -0.136. The van der Waals surface area contributed by atoms with E-state index in [-0.39, 0.29) is 0 Å². The highest BCUT2D eigenvalue weighted by Crippen LogP contribution is 2.53. The Labute approximate surface area is 184 Å². The van der Waals surface area contributed by atoms with Gasteiger partial charge in [-0.15, -0.1) is 0 Å². The van der Waals surface area contributed by atoms with E-state index in [4.69, 9.17) is 13.8 Å². The first-order valence-electron chi connectivity index (χ1n) is 12.2. The summed E-state index contributed by atoms with van der Waals surface area (Å²) in [7, 11) is -1.81. The summed E-state index contributed by atoms with van der Waals surface area (Å²) in [4.78, 5) is 11.8. The number of rotatable bonds is 17. The summed E-state index contributed by atoms with van der Waals surface area (Å²) in [6.45, 7) is 4.39. The van der Waals surface area contributed by atoms with Gasteiger partial charge >= 0.3 is 13.6 Å². The van der Waals surface area contributed by atoms with Gasteiger partial charge in [-0.25, -0.2) is 9.36 Å². The smallest absolute Gasteiger partial charge is 0.378 e. The number of methoxy groups -OCH3 is 1. The lowest BCUT2D eigenvalue weighted by Crippen LogP contribution is -2.06. The van der Waals surface area contributed by atoms with E-state index in [9.17, 15) is 9.36 Å². The molecular weight excluding hydrogens is 399 g/mol.